The van der Waals surface area contributed by atoms with Crippen molar-refractivity contribution in [2.24, 2.45) is 0 Å². The molecule has 0 amide bonds. The number of rotatable bonds is 5. The second-order valence-corrected chi connectivity index (χ2v) is 7.31. The first-order chi connectivity index (χ1) is 11.1. The minimum Gasteiger partial charge on any atom is -0.479 e. The third-order valence-corrected chi connectivity index (χ3v) is 5.64. The lowest BCUT2D eigenvalue weighted by Crippen LogP contribution is -2.24. The molecule has 1 unspecified atom stereocenters. The molecule has 3 nitrogen and oxygen atoms in total. The van der Waals surface area contributed by atoms with Gasteiger partial charge in [0, 0.05) is 0 Å². The second kappa shape index (κ2) is 6.94. The normalized spacial score (nSPS) is 20.8. The molecule has 0 heterocycles. The largest absolute Gasteiger partial charge is 0.479 e. The molecule has 1 N–H and O–H groups in total. The highest BCUT2D eigenvalue weighted by Crippen LogP contribution is 2.43. The van der Waals surface area contributed by atoms with E-state index in [1.165, 1.54) is 68.1 Å². The number of hydrogen-bond acceptors (Lipinski definition) is 2. The van der Waals surface area contributed by atoms with E-state index in [0.717, 1.165) is 5.75 Å². The van der Waals surface area contributed by atoms with E-state index >= 15 is 0 Å². The fourth-order valence-electron chi connectivity index (χ4n) is 4.30. The summed E-state index contributed by atoms with van der Waals surface area (Å²) in [4.78, 5) is 11.2. The van der Waals surface area contributed by atoms with Crippen LogP contribution in [0.25, 0.3) is 0 Å². The van der Waals surface area contributed by atoms with E-state index in [2.05, 4.69) is 19.1 Å². The van der Waals surface area contributed by atoms with E-state index < -0.39 is 12.1 Å². The molecule has 0 aliphatic heterocycles. The van der Waals surface area contributed by atoms with Gasteiger partial charge in [-0.15, -0.1) is 0 Å². The van der Waals surface area contributed by atoms with Gasteiger partial charge >= 0.3 is 5.97 Å². The highest BCUT2D eigenvalue weighted by Gasteiger charge is 2.26. The summed E-state index contributed by atoms with van der Waals surface area (Å²) in [5, 5.41) is 9.21. The van der Waals surface area contributed by atoms with Crippen LogP contribution in [-0.2, 0) is 4.79 Å². The standard InChI is InChI=1S/C20H28O3/c1-13-11-18(16-9-5-6-10-16)19(23-14(2)20(21)22)12-17(13)15-7-3-4-8-15/h11-12,14-16H,3-10H2,1-2H3,(H,21,22). The van der Waals surface area contributed by atoms with Crippen LogP contribution < -0.4 is 4.74 Å². The fraction of sp³-hybridized carbons (Fsp3) is 0.650. The Kier molecular flexibility index (Phi) is 4.93. The average Bonchev–Trinajstić information content (AvgIpc) is 3.21. The van der Waals surface area contributed by atoms with Crippen LogP contribution in [-0.4, -0.2) is 17.2 Å². The van der Waals surface area contributed by atoms with Gasteiger partial charge in [-0.3, -0.25) is 0 Å². The summed E-state index contributed by atoms with van der Waals surface area (Å²) in [6, 6.07) is 4.45. The Hall–Kier alpha value is -1.51. The summed E-state index contributed by atoms with van der Waals surface area (Å²) in [7, 11) is 0. The number of benzene rings is 1. The third kappa shape index (κ3) is 3.54. The molecule has 0 bridgehead atoms. The molecule has 0 radical (unpaired) electrons. The van der Waals surface area contributed by atoms with E-state index in [-0.39, 0.29) is 0 Å². The van der Waals surface area contributed by atoms with Crippen molar-refractivity contribution in [2.45, 2.75) is 83.2 Å². The van der Waals surface area contributed by atoms with Gasteiger partial charge in [-0.1, -0.05) is 31.7 Å². The van der Waals surface area contributed by atoms with E-state index in [4.69, 9.17) is 4.74 Å². The summed E-state index contributed by atoms with van der Waals surface area (Å²) in [6.45, 7) is 3.83. The van der Waals surface area contributed by atoms with Gasteiger partial charge in [0.2, 0.25) is 0 Å². The van der Waals surface area contributed by atoms with Crippen LogP contribution in [0, 0.1) is 6.92 Å². The maximum absolute atomic E-state index is 11.2. The Morgan fingerprint density at radius 1 is 1.04 bits per heavy atom. The zero-order chi connectivity index (χ0) is 16.4. The average molecular weight is 316 g/mol. The van der Waals surface area contributed by atoms with Crippen molar-refractivity contribution in [2.75, 3.05) is 0 Å². The highest BCUT2D eigenvalue weighted by atomic mass is 16.5. The van der Waals surface area contributed by atoms with Crippen LogP contribution in [0.5, 0.6) is 5.75 Å². The van der Waals surface area contributed by atoms with Crippen LogP contribution in [0.3, 0.4) is 0 Å². The van der Waals surface area contributed by atoms with Crippen molar-refractivity contribution < 1.29 is 14.6 Å². The van der Waals surface area contributed by atoms with Gasteiger partial charge in [0.05, 0.1) is 0 Å². The minimum absolute atomic E-state index is 0.530. The SMILES string of the molecule is Cc1cc(C2CCCC2)c(OC(C)C(=O)O)cc1C1CCCC1. The number of hydrogen-bond donors (Lipinski definition) is 1. The summed E-state index contributed by atoms with van der Waals surface area (Å²) in [5.74, 6) is 1.07. The molecular weight excluding hydrogens is 288 g/mol. The molecular formula is C20H28O3. The number of carbonyl (C=O) groups is 1. The number of carboxylic acids is 1. The van der Waals surface area contributed by atoms with Crippen molar-refractivity contribution in [3.8, 4) is 5.75 Å². The van der Waals surface area contributed by atoms with Gasteiger partial charge in [0.15, 0.2) is 6.10 Å². The second-order valence-electron chi connectivity index (χ2n) is 7.31. The van der Waals surface area contributed by atoms with E-state index in [1.807, 2.05) is 0 Å². The molecule has 3 rings (SSSR count). The van der Waals surface area contributed by atoms with Crippen LogP contribution >= 0.6 is 0 Å². The molecule has 1 atom stereocenters. The van der Waals surface area contributed by atoms with E-state index in [0.29, 0.717) is 11.8 Å². The van der Waals surface area contributed by atoms with Gasteiger partial charge in [-0.2, -0.15) is 0 Å². The van der Waals surface area contributed by atoms with Gasteiger partial charge in [0.1, 0.15) is 5.75 Å². The third-order valence-electron chi connectivity index (χ3n) is 5.64. The molecule has 1 aromatic rings. The molecule has 23 heavy (non-hydrogen) atoms. The zero-order valence-electron chi connectivity index (χ0n) is 14.3. The van der Waals surface area contributed by atoms with Gasteiger partial charge in [-0.25, -0.2) is 4.79 Å². The predicted molar refractivity (Wildman–Crippen MR) is 91.3 cm³/mol. The lowest BCUT2D eigenvalue weighted by Gasteiger charge is -2.23. The summed E-state index contributed by atoms with van der Waals surface area (Å²) in [6.07, 6.45) is 9.22. The quantitative estimate of drug-likeness (QED) is 0.816. The molecule has 3 heteroatoms. The molecule has 0 saturated heterocycles. The Labute approximate surface area is 139 Å². The van der Waals surface area contributed by atoms with Crippen molar-refractivity contribution >= 4 is 5.97 Å². The van der Waals surface area contributed by atoms with Crippen LogP contribution in [0.4, 0.5) is 0 Å². The number of aliphatic carboxylic acids is 1. The van der Waals surface area contributed by atoms with Crippen molar-refractivity contribution in [1.82, 2.24) is 0 Å². The Morgan fingerprint density at radius 3 is 2.09 bits per heavy atom. The fourth-order valence-corrected chi connectivity index (χ4v) is 4.30. The molecule has 2 saturated carbocycles. The summed E-state index contributed by atoms with van der Waals surface area (Å²) < 4.78 is 5.88. The van der Waals surface area contributed by atoms with E-state index in [1.54, 1.807) is 6.92 Å². The Morgan fingerprint density at radius 2 is 1.57 bits per heavy atom. The Bertz CT molecular complexity index is 566. The first kappa shape index (κ1) is 16.4. The van der Waals surface area contributed by atoms with Crippen molar-refractivity contribution in [3.05, 3.63) is 28.8 Å². The zero-order valence-corrected chi connectivity index (χ0v) is 14.3. The molecule has 2 aliphatic rings. The summed E-state index contributed by atoms with van der Waals surface area (Å²) >= 11 is 0. The maximum Gasteiger partial charge on any atom is 0.344 e. The topological polar surface area (TPSA) is 46.5 Å². The molecule has 126 valence electrons. The lowest BCUT2D eigenvalue weighted by molar-refractivity contribution is -0.144. The first-order valence-electron chi connectivity index (χ1n) is 9.10. The van der Waals surface area contributed by atoms with E-state index in [9.17, 15) is 9.90 Å². The number of aryl methyl sites for hydroxylation is 1. The summed E-state index contributed by atoms with van der Waals surface area (Å²) in [5.41, 5.74) is 3.96. The smallest absolute Gasteiger partial charge is 0.344 e. The monoisotopic (exact) mass is 316 g/mol. The van der Waals surface area contributed by atoms with Crippen LogP contribution in [0.15, 0.2) is 12.1 Å². The molecule has 2 aliphatic carbocycles. The number of ether oxygens (including phenoxy) is 1. The van der Waals surface area contributed by atoms with Crippen molar-refractivity contribution in [1.29, 1.82) is 0 Å². The Balaban J connectivity index is 1.96. The minimum atomic E-state index is -0.898. The maximum atomic E-state index is 11.2. The van der Waals surface area contributed by atoms with Crippen LogP contribution in [0.1, 0.15) is 86.8 Å². The highest BCUT2D eigenvalue weighted by molar-refractivity contribution is 5.72. The molecule has 0 spiro atoms. The van der Waals surface area contributed by atoms with Gasteiger partial charge in [0.25, 0.3) is 0 Å². The molecule has 0 aromatic heterocycles. The first-order valence-corrected chi connectivity index (χ1v) is 9.10. The van der Waals surface area contributed by atoms with Gasteiger partial charge in [-0.05, 0) is 74.1 Å². The number of carboxylic acid groups (broad SMARTS) is 1. The van der Waals surface area contributed by atoms with Crippen LogP contribution in [0.2, 0.25) is 0 Å². The lowest BCUT2D eigenvalue weighted by atomic mass is 9.88. The van der Waals surface area contributed by atoms with Gasteiger partial charge < -0.3 is 9.84 Å². The predicted octanol–water partition coefficient (Wildman–Crippen LogP) is 5.16. The molecule has 2 fully saturated rings. The van der Waals surface area contributed by atoms with Crippen molar-refractivity contribution in [3.63, 3.8) is 0 Å². The molecule has 1 aromatic carbocycles.